The van der Waals surface area contributed by atoms with Crippen LogP contribution in [-0.2, 0) is 9.84 Å². The molecule has 0 aromatic carbocycles. The van der Waals surface area contributed by atoms with E-state index in [4.69, 9.17) is 0 Å². The van der Waals surface area contributed by atoms with E-state index in [1.54, 1.807) is 6.92 Å². The smallest absolute Gasteiger partial charge is 0.197 e. The molecule has 0 atom stereocenters. The first-order valence-corrected chi connectivity index (χ1v) is 6.35. The normalized spacial score (nSPS) is 13.9. The standard InChI is InChI=1S/C7H6N2O2S2/c1-2-13(10,11)6-5-4-3-9(5)7(8-6)12-4/h3H,2H2,1H3. The summed E-state index contributed by atoms with van der Waals surface area (Å²) in [4.78, 5) is 5.89. The summed E-state index contributed by atoms with van der Waals surface area (Å²) in [7, 11) is -3.13. The van der Waals surface area contributed by atoms with Gasteiger partial charge >= 0.3 is 0 Å². The first-order chi connectivity index (χ1) is 6.13. The number of sulfone groups is 1. The summed E-state index contributed by atoms with van der Waals surface area (Å²) in [6, 6.07) is 0. The van der Waals surface area contributed by atoms with Gasteiger partial charge in [0.25, 0.3) is 0 Å². The van der Waals surface area contributed by atoms with Crippen molar-refractivity contribution in [3.05, 3.63) is 6.20 Å². The highest BCUT2D eigenvalue weighted by Crippen LogP contribution is 2.43. The maximum absolute atomic E-state index is 11.5. The minimum absolute atomic E-state index is 0.119. The van der Waals surface area contributed by atoms with E-state index in [0.717, 1.165) is 15.5 Å². The Bertz CT molecular complexity index is 606. The molecule has 2 aromatic heterocycles. The third kappa shape index (κ3) is 0.709. The first-order valence-electron chi connectivity index (χ1n) is 3.88. The second-order valence-corrected chi connectivity index (χ2v) is 6.12. The molecule has 6 heteroatoms. The first kappa shape index (κ1) is 7.52. The number of imidazole rings is 1. The lowest BCUT2D eigenvalue weighted by Gasteiger charge is -2.05. The molecule has 0 N–H and O–H groups in total. The molecule has 0 amide bonds. The second kappa shape index (κ2) is 1.96. The van der Waals surface area contributed by atoms with Gasteiger partial charge in [0.15, 0.2) is 19.8 Å². The van der Waals surface area contributed by atoms with Crippen molar-refractivity contribution < 1.29 is 8.42 Å². The van der Waals surface area contributed by atoms with Crippen molar-refractivity contribution in [2.45, 2.75) is 11.9 Å². The summed E-state index contributed by atoms with van der Waals surface area (Å²) in [5, 5.41) is 0.265. The van der Waals surface area contributed by atoms with E-state index >= 15 is 0 Å². The number of hydrogen-bond donors (Lipinski definition) is 0. The molecule has 0 aliphatic carbocycles. The van der Waals surface area contributed by atoms with Gasteiger partial charge in [0.05, 0.1) is 10.6 Å². The van der Waals surface area contributed by atoms with E-state index in [0.29, 0.717) is 0 Å². The van der Waals surface area contributed by atoms with E-state index in [-0.39, 0.29) is 10.8 Å². The van der Waals surface area contributed by atoms with Crippen LogP contribution in [0.2, 0.25) is 0 Å². The highest BCUT2D eigenvalue weighted by Gasteiger charge is 2.32. The van der Waals surface area contributed by atoms with Gasteiger partial charge in [-0.1, -0.05) is 18.3 Å². The Labute approximate surface area is 78.8 Å². The van der Waals surface area contributed by atoms with Gasteiger partial charge in [0.2, 0.25) is 0 Å². The van der Waals surface area contributed by atoms with Crippen molar-refractivity contribution in [2.24, 2.45) is 0 Å². The summed E-state index contributed by atoms with van der Waals surface area (Å²) in [5.74, 6) is 0.119. The predicted molar refractivity (Wildman–Crippen MR) is 49.8 cm³/mol. The Morgan fingerprint density at radius 1 is 1.62 bits per heavy atom. The molecule has 0 spiro atoms. The van der Waals surface area contributed by atoms with Crippen molar-refractivity contribution in [3.63, 3.8) is 0 Å². The number of nitrogens with zero attached hydrogens (tertiary/aromatic N) is 2. The minimum atomic E-state index is -3.13. The molecule has 0 fully saturated rings. The molecule has 0 radical (unpaired) electrons. The van der Waals surface area contributed by atoms with E-state index in [2.05, 4.69) is 4.98 Å². The molecule has 2 aromatic rings. The van der Waals surface area contributed by atoms with Gasteiger partial charge in [-0.25, -0.2) is 13.4 Å². The third-order valence-corrected chi connectivity index (χ3v) is 4.83. The average Bonchev–Trinajstić information content (AvgIpc) is 2.66. The molecule has 0 saturated carbocycles. The second-order valence-electron chi connectivity index (χ2n) is 2.92. The molecule has 0 unspecified atom stereocenters. The maximum Gasteiger partial charge on any atom is 0.197 e. The molecule has 2 aliphatic heterocycles. The summed E-state index contributed by atoms with van der Waals surface area (Å²) >= 11 is 1.53. The van der Waals surface area contributed by atoms with Crippen LogP contribution in [0.15, 0.2) is 11.2 Å². The molecule has 13 heavy (non-hydrogen) atoms. The van der Waals surface area contributed by atoms with Gasteiger partial charge in [-0.3, -0.25) is 4.40 Å². The highest BCUT2D eigenvalue weighted by atomic mass is 32.2. The number of hydrogen-bond acceptors (Lipinski definition) is 4. The third-order valence-electron chi connectivity index (χ3n) is 2.20. The molecule has 4 bridgehead atoms. The Kier molecular flexibility index (Phi) is 1.13. The summed E-state index contributed by atoms with van der Waals surface area (Å²) < 4.78 is 24.9. The summed E-state index contributed by atoms with van der Waals surface area (Å²) in [6.45, 7) is 1.64. The Hall–Kier alpha value is -0.880. The Morgan fingerprint density at radius 2 is 2.38 bits per heavy atom. The largest absolute Gasteiger partial charge is 0.287 e. The molecule has 4 rings (SSSR count). The van der Waals surface area contributed by atoms with Gasteiger partial charge in [0.1, 0.15) is 5.69 Å². The zero-order chi connectivity index (χ0) is 9.22. The summed E-state index contributed by atoms with van der Waals surface area (Å²) in [5.41, 5.74) is 0.793. The van der Waals surface area contributed by atoms with Gasteiger partial charge in [-0.05, 0) is 0 Å². The lowest BCUT2D eigenvalue weighted by atomic mass is 10.3. The average molecular weight is 214 g/mol. The lowest BCUT2D eigenvalue weighted by molar-refractivity contribution is 0.594. The molecule has 0 saturated heterocycles. The fourth-order valence-corrected chi connectivity index (χ4v) is 3.60. The van der Waals surface area contributed by atoms with Crippen molar-refractivity contribution in [1.82, 2.24) is 9.38 Å². The highest BCUT2D eigenvalue weighted by molar-refractivity contribution is 7.91. The topological polar surface area (TPSA) is 51.4 Å². The van der Waals surface area contributed by atoms with E-state index in [9.17, 15) is 8.42 Å². The van der Waals surface area contributed by atoms with Crippen molar-refractivity contribution >= 4 is 26.1 Å². The number of aromatic nitrogens is 2. The predicted octanol–water partition coefficient (Wildman–Crippen LogP) is 1.17. The van der Waals surface area contributed by atoms with Crippen LogP contribution < -0.4 is 0 Å². The van der Waals surface area contributed by atoms with Crippen LogP contribution in [0, 0.1) is 0 Å². The van der Waals surface area contributed by atoms with Gasteiger partial charge in [-0.2, -0.15) is 0 Å². The van der Waals surface area contributed by atoms with Gasteiger partial charge in [0, 0.05) is 6.20 Å². The van der Waals surface area contributed by atoms with Crippen LogP contribution in [0.5, 0.6) is 0 Å². The Morgan fingerprint density at radius 3 is 2.92 bits per heavy atom. The minimum Gasteiger partial charge on any atom is -0.287 e. The van der Waals surface area contributed by atoms with Crippen molar-refractivity contribution in [3.8, 4) is 10.6 Å². The van der Waals surface area contributed by atoms with E-state index < -0.39 is 9.84 Å². The molecule has 4 nitrogen and oxygen atoms in total. The molecular formula is C7H6N2O2S2. The zero-order valence-electron chi connectivity index (χ0n) is 6.81. The fraction of sp³-hybridized carbons (Fsp3) is 0.286. The monoisotopic (exact) mass is 214 g/mol. The van der Waals surface area contributed by atoms with Crippen LogP contribution in [0.25, 0.3) is 15.5 Å². The number of thiazole rings is 2. The number of rotatable bonds is 2. The van der Waals surface area contributed by atoms with E-state index in [1.807, 2.05) is 10.6 Å². The fourth-order valence-electron chi connectivity index (χ4n) is 1.45. The van der Waals surface area contributed by atoms with Crippen molar-refractivity contribution in [1.29, 1.82) is 0 Å². The quantitative estimate of drug-likeness (QED) is 0.643. The van der Waals surface area contributed by atoms with E-state index in [1.165, 1.54) is 11.3 Å². The van der Waals surface area contributed by atoms with Crippen LogP contribution >= 0.6 is 11.3 Å². The van der Waals surface area contributed by atoms with Crippen LogP contribution in [-0.4, -0.2) is 23.6 Å². The molecule has 2 aliphatic rings. The molecular weight excluding hydrogens is 208 g/mol. The van der Waals surface area contributed by atoms with Crippen LogP contribution in [0.4, 0.5) is 0 Å². The van der Waals surface area contributed by atoms with Gasteiger partial charge in [-0.15, -0.1) is 0 Å². The molecule has 68 valence electrons. The lowest BCUT2D eigenvalue weighted by Crippen LogP contribution is -2.07. The van der Waals surface area contributed by atoms with Crippen LogP contribution in [0.1, 0.15) is 6.92 Å². The zero-order valence-corrected chi connectivity index (χ0v) is 8.44. The van der Waals surface area contributed by atoms with Crippen molar-refractivity contribution in [2.75, 3.05) is 5.75 Å². The molecule has 4 heterocycles. The Balaban J connectivity index is 2.36. The van der Waals surface area contributed by atoms with Gasteiger partial charge < -0.3 is 0 Å². The van der Waals surface area contributed by atoms with Crippen LogP contribution in [0.3, 0.4) is 0 Å². The maximum atomic E-state index is 11.5. The SMILES string of the molecule is CCS(=O)(=O)c1nc2sc3cn2c1-3. The summed E-state index contributed by atoms with van der Waals surface area (Å²) in [6.07, 6.45) is 1.91.